The highest BCUT2D eigenvalue weighted by molar-refractivity contribution is 9.10. The lowest BCUT2D eigenvalue weighted by molar-refractivity contribution is 0.172. The van der Waals surface area contributed by atoms with E-state index >= 15 is 0 Å². The summed E-state index contributed by atoms with van der Waals surface area (Å²) >= 11 is 9.45. The molecule has 1 N–H and O–H groups in total. The fourth-order valence-electron chi connectivity index (χ4n) is 2.64. The standard InChI is InChI=1S/C16H13BrClFO2/c17-11-6-9-4-5-21-16(9)10(7-11)8-14(20)15-12(18)2-1-3-13(15)19/h1-3,6-7,14,20H,4-5,8H2. The molecule has 110 valence electrons. The zero-order valence-corrected chi connectivity index (χ0v) is 13.4. The van der Waals surface area contributed by atoms with E-state index in [4.69, 9.17) is 16.3 Å². The lowest BCUT2D eigenvalue weighted by atomic mass is 9.98. The Morgan fingerprint density at radius 1 is 1.38 bits per heavy atom. The molecule has 0 aromatic heterocycles. The fourth-order valence-corrected chi connectivity index (χ4v) is 3.48. The average molecular weight is 372 g/mol. The molecule has 0 radical (unpaired) electrons. The van der Waals surface area contributed by atoms with Gasteiger partial charge in [-0.2, -0.15) is 0 Å². The molecule has 3 rings (SSSR count). The van der Waals surface area contributed by atoms with E-state index in [1.807, 2.05) is 12.1 Å². The summed E-state index contributed by atoms with van der Waals surface area (Å²) in [5.74, 6) is 0.298. The van der Waals surface area contributed by atoms with Gasteiger partial charge in [-0.25, -0.2) is 4.39 Å². The maximum Gasteiger partial charge on any atom is 0.130 e. The number of halogens is 3. The van der Waals surface area contributed by atoms with Gasteiger partial charge in [-0.1, -0.05) is 33.6 Å². The Morgan fingerprint density at radius 2 is 2.19 bits per heavy atom. The lowest BCUT2D eigenvalue weighted by Crippen LogP contribution is -2.06. The molecule has 0 aliphatic carbocycles. The minimum absolute atomic E-state index is 0.130. The Kier molecular flexibility index (Phi) is 4.20. The summed E-state index contributed by atoms with van der Waals surface area (Å²) in [5, 5.41) is 10.6. The largest absolute Gasteiger partial charge is 0.493 e. The van der Waals surface area contributed by atoms with Crippen molar-refractivity contribution in [2.45, 2.75) is 18.9 Å². The third kappa shape index (κ3) is 2.93. The van der Waals surface area contributed by atoms with Crippen LogP contribution < -0.4 is 4.74 Å². The van der Waals surface area contributed by atoms with Crippen LogP contribution in [0, 0.1) is 5.82 Å². The number of ether oxygens (including phenoxy) is 1. The van der Waals surface area contributed by atoms with Gasteiger partial charge >= 0.3 is 0 Å². The molecule has 1 aliphatic rings. The van der Waals surface area contributed by atoms with E-state index in [-0.39, 0.29) is 17.0 Å². The minimum Gasteiger partial charge on any atom is -0.493 e. The van der Waals surface area contributed by atoms with Crippen molar-refractivity contribution in [2.24, 2.45) is 0 Å². The minimum atomic E-state index is -1.01. The van der Waals surface area contributed by atoms with Crippen LogP contribution in [0.3, 0.4) is 0 Å². The maximum atomic E-state index is 13.9. The smallest absolute Gasteiger partial charge is 0.130 e. The topological polar surface area (TPSA) is 29.5 Å². The molecule has 0 saturated heterocycles. The summed E-state index contributed by atoms with van der Waals surface area (Å²) in [4.78, 5) is 0. The Balaban J connectivity index is 1.94. The van der Waals surface area contributed by atoms with Crippen molar-refractivity contribution >= 4 is 27.5 Å². The van der Waals surface area contributed by atoms with E-state index in [1.165, 1.54) is 12.1 Å². The van der Waals surface area contributed by atoms with Crippen LogP contribution in [-0.2, 0) is 12.8 Å². The molecule has 0 spiro atoms. The normalized spacial score (nSPS) is 14.7. The third-order valence-corrected chi connectivity index (χ3v) is 4.36. The van der Waals surface area contributed by atoms with Gasteiger partial charge < -0.3 is 9.84 Å². The second-order valence-electron chi connectivity index (χ2n) is 5.01. The number of rotatable bonds is 3. The molecule has 2 aromatic rings. The van der Waals surface area contributed by atoms with E-state index in [1.54, 1.807) is 6.07 Å². The van der Waals surface area contributed by atoms with Crippen LogP contribution in [0.5, 0.6) is 5.75 Å². The number of hydrogen-bond donors (Lipinski definition) is 1. The van der Waals surface area contributed by atoms with Crippen molar-refractivity contribution in [1.82, 2.24) is 0 Å². The first-order chi connectivity index (χ1) is 10.1. The monoisotopic (exact) mass is 370 g/mol. The van der Waals surface area contributed by atoms with Crippen molar-refractivity contribution in [3.8, 4) is 5.75 Å². The Bertz CT molecular complexity index is 670. The van der Waals surface area contributed by atoms with E-state index in [9.17, 15) is 9.50 Å². The molecule has 1 aliphatic heterocycles. The van der Waals surface area contributed by atoms with Gasteiger partial charge in [0.05, 0.1) is 12.7 Å². The Morgan fingerprint density at radius 3 is 2.95 bits per heavy atom. The molecule has 0 fully saturated rings. The molecule has 0 saturated carbocycles. The van der Waals surface area contributed by atoms with E-state index in [0.29, 0.717) is 6.61 Å². The first-order valence-corrected chi connectivity index (χ1v) is 7.79. The van der Waals surface area contributed by atoms with Gasteiger partial charge in [0.15, 0.2) is 0 Å². The predicted molar refractivity (Wildman–Crippen MR) is 83.4 cm³/mol. The molecular weight excluding hydrogens is 359 g/mol. The quantitative estimate of drug-likeness (QED) is 0.863. The number of benzene rings is 2. The van der Waals surface area contributed by atoms with Crippen LogP contribution in [-0.4, -0.2) is 11.7 Å². The lowest BCUT2D eigenvalue weighted by Gasteiger charge is -2.16. The van der Waals surface area contributed by atoms with Gasteiger partial charge in [-0.3, -0.25) is 0 Å². The van der Waals surface area contributed by atoms with Crippen LogP contribution in [0.4, 0.5) is 4.39 Å². The first-order valence-electron chi connectivity index (χ1n) is 6.62. The molecule has 0 bridgehead atoms. The summed E-state index contributed by atoms with van der Waals surface area (Å²) in [6.45, 7) is 0.634. The highest BCUT2D eigenvalue weighted by atomic mass is 79.9. The van der Waals surface area contributed by atoms with Crippen molar-refractivity contribution in [3.05, 3.63) is 62.3 Å². The second kappa shape index (κ2) is 5.95. The van der Waals surface area contributed by atoms with Gasteiger partial charge in [-0.15, -0.1) is 0 Å². The van der Waals surface area contributed by atoms with Crippen LogP contribution in [0.15, 0.2) is 34.8 Å². The predicted octanol–water partition coefficient (Wildman–Crippen LogP) is 4.45. The zero-order valence-electron chi connectivity index (χ0n) is 11.1. The molecule has 1 atom stereocenters. The van der Waals surface area contributed by atoms with Crippen LogP contribution >= 0.6 is 27.5 Å². The molecular formula is C16H13BrClFO2. The molecule has 0 amide bonds. The van der Waals surface area contributed by atoms with E-state index < -0.39 is 11.9 Å². The third-order valence-electron chi connectivity index (χ3n) is 3.57. The number of hydrogen-bond acceptors (Lipinski definition) is 2. The van der Waals surface area contributed by atoms with Gasteiger partial charge in [0.2, 0.25) is 0 Å². The summed E-state index contributed by atoms with van der Waals surface area (Å²) in [5.41, 5.74) is 2.08. The SMILES string of the molecule is OC(Cc1cc(Br)cc2c1OCC2)c1c(F)cccc1Cl. The molecule has 5 heteroatoms. The van der Waals surface area contributed by atoms with Crippen molar-refractivity contribution < 1.29 is 14.2 Å². The summed E-state index contributed by atoms with van der Waals surface area (Å²) in [6.07, 6.45) is 0.0853. The summed E-state index contributed by atoms with van der Waals surface area (Å²) in [7, 11) is 0. The summed E-state index contributed by atoms with van der Waals surface area (Å²) < 4.78 is 20.4. The average Bonchev–Trinajstić information content (AvgIpc) is 2.86. The Labute approximate surface area is 135 Å². The molecule has 1 unspecified atom stereocenters. The Hall–Kier alpha value is -1.10. The van der Waals surface area contributed by atoms with Gasteiger partial charge in [0.1, 0.15) is 11.6 Å². The zero-order chi connectivity index (χ0) is 15.0. The first kappa shape index (κ1) is 14.8. The van der Waals surface area contributed by atoms with Crippen molar-refractivity contribution in [1.29, 1.82) is 0 Å². The number of aliphatic hydroxyl groups is 1. The molecule has 2 nitrogen and oxygen atoms in total. The molecule has 21 heavy (non-hydrogen) atoms. The highest BCUT2D eigenvalue weighted by Gasteiger charge is 2.22. The van der Waals surface area contributed by atoms with Gasteiger partial charge in [0.25, 0.3) is 0 Å². The van der Waals surface area contributed by atoms with Crippen LogP contribution in [0.2, 0.25) is 5.02 Å². The van der Waals surface area contributed by atoms with Crippen molar-refractivity contribution in [2.75, 3.05) is 6.61 Å². The van der Waals surface area contributed by atoms with Gasteiger partial charge in [-0.05, 0) is 35.4 Å². The second-order valence-corrected chi connectivity index (χ2v) is 6.33. The fraction of sp³-hybridized carbons (Fsp3) is 0.250. The van der Waals surface area contributed by atoms with Gasteiger partial charge in [0, 0.05) is 27.9 Å². The van der Waals surface area contributed by atoms with Crippen LogP contribution in [0.25, 0.3) is 0 Å². The van der Waals surface area contributed by atoms with Crippen LogP contribution in [0.1, 0.15) is 22.8 Å². The number of aliphatic hydroxyl groups excluding tert-OH is 1. The highest BCUT2D eigenvalue weighted by Crippen LogP contribution is 2.36. The summed E-state index contributed by atoms with van der Waals surface area (Å²) in [6, 6.07) is 8.29. The van der Waals surface area contributed by atoms with E-state index in [2.05, 4.69) is 15.9 Å². The molecule has 2 aromatic carbocycles. The number of fused-ring (bicyclic) bond motifs is 1. The maximum absolute atomic E-state index is 13.9. The van der Waals surface area contributed by atoms with Crippen molar-refractivity contribution in [3.63, 3.8) is 0 Å². The molecule has 1 heterocycles. The van der Waals surface area contributed by atoms with E-state index in [0.717, 1.165) is 27.8 Å².